The Bertz CT molecular complexity index is 409. The number of benzene rings is 1. The normalized spacial score (nSPS) is 12.2. The minimum Gasteiger partial charge on any atom is -0.352 e. The molecule has 0 aliphatic carbocycles. The molecular weight excluding hydrogens is 297 g/mol. The minimum atomic E-state index is -0.427. The number of hydrogen-bond donors (Lipinski definition) is 1. The first-order valence-corrected chi connectivity index (χ1v) is 7.27. The van der Waals surface area contributed by atoms with Crippen molar-refractivity contribution in [3.63, 3.8) is 0 Å². The van der Waals surface area contributed by atoms with E-state index in [-0.39, 0.29) is 11.5 Å². The number of carbonyl (C=O) groups is 1. The highest BCUT2D eigenvalue weighted by Crippen LogP contribution is 2.12. The summed E-state index contributed by atoms with van der Waals surface area (Å²) in [5, 5.41) is 3.72. The molecule has 1 unspecified atom stereocenters. The van der Waals surface area contributed by atoms with Crippen LogP contribution < -0.4 is 5.32 Å². The second kappa shape index (κ2) is 7.52. The second-order valence-electron chi connectivity index (χ2n) is 4.59. The maximum atomic E-state index is 13.7. The highest BCUT2D eigenvalue weighted by atomic mass is 79.9. The molecule has 1 amide bonds. The SMILES string of the molecule is Cc1cccc(C(=O)NCCCC(C)CBr)c1F. The number of alkyl halides is 1. The molecule has 0 fully saturated rings. The van der Waals surface area contributed by atoms with E-state index in [1.807, 2.05) is 0 Å². The molecule has 0 aliphatic rings. The summed E-state index contributed by atoms with van der Waals surface area (Å²) in [6.07, 6.45) is 1.95. The van der Waals surface area contributed by atoms with Gasteiger partial charge in [0.15, 0.2) is 0 Å². The van der Waals surface area contributed by atoms with Crippen LogP contribution in [0.25, 0.3) is 0 Å². The number of rotatable bonds is 6. The van der Waals surface area contributed by atoms with Crippen LogP contribution in [0.4, 0.5) is 4.39 Å². The summed E-state index contributed by atoms with van der Waals surface area (Å²) < 4.78 is 13.7. The van der Waals surface area contributed by atoms with Crippen molar-refractivity contribution in [1.29, 1.82) is 0 Å². The maximum absolute atomic E-state index is 13.7. The van der Waals surface area contributed by atoms with Gasteiger partial charge in [-0.05, 0) is 37.3 Å². The van der Waals surface area contributed by atoms with Crippen molar-refractivity contribution in [3.05, 3.63) is 35.1 Å². The van der Waals surface area contributed by atoms with E-state index in [2.05, 4.69) is 28.2 Å². The van der Waals surface area contributed by atoms with E-state index in [9.17, 15) is 9.18 Å². The van der Waals surface area contributed by atoms with Gasteiger partial charge in [-0.3, -0.25) is 4.79 Å². The van der Waals surface area contributed by atoms with Gasteiger partial charge in [-0.25, -0.2) is 4.39 Å². The Morgan fingerprint density at radius 1 is 1.50 bits per heavy atom. The average molecular weight is 316 g/mol. The number of halogens is 2. The van der Waals surface area contributed by atoms with Gasteiger partial charge in [0.25, 0.3) is 5.91 Å². The van der Waals surface area contributed by atoms with Crippen molar-refractivity contribution in [2.45, 2.75) is 26.7 Å². The molecule has 1 aromatic rings. The molecule has 1 atom stereocenters. The summed E-state index contributed by atoms with van der Waals surface area (Å²) in [4.78, 5) is 11.8. The predicted octanol–water partition coefficient (Wildman–Crippen LogP) is 3.68. The summed E-state index contributed by atoms with van der Waals surface area (Å²) in [7, 11) is 0. The molecule has 4 heteroatoms. The van der Waals surface area contributed by atoms with Gasteiger partial charge in [0.1, 0.15) is 5.82 Å². The van der Waals surface area contributed by atoms with Crippen LogP contribution in [0.2, 0.25) is 0 Å². The topological polar surface area (TPSA) is 29.1 Å². The third-order valence-corrected chi connectivity index (χ3v) is 3.96. The molecule has 1 rings (SSSR count). The molecule has 1 aromatic carbocycles. The predicted molar refractivity (Wildman–Crippen MR) is 75.7 cm³/mol. The molecule has 0 spiro atoms. The van der Waals surface area contributed by atoms with Gasteiger partial charge in [0.05, 0.1) is 5.56 Å². The summed E-state index contributed by atoms with van der Waals surface area (Å²) in [6.45, 7) is 4.39. The van der Waals surface area contributed by atoms with Gasteiger partial charge in [-0.15, -0.1) is 0 Å². The molecule has 1 N–H and O–H groups in total. The largest absolute Gasteiger partial charge is 0.352 e. The Morgan fingerprint density at radius 3 is 2.89 bits per heavy atom. The zero-order valence-corrected chi connectivity index (χ0v) is 12.4. The number of hydrogen-bond acceptors (Lipinski definition) is 1. The van der Waals surface area contributed by atoms with E-state index in [1.54, 1.807) is 19.1 Å². The Balaban J connectivity index is 2.44. The number of amides is 1. The van der Waals surface area contributed by atoms with Crippen LogP contribution >= 0.6 is 15.9 Å². The van der Waals surface area contributed by atoms with E-state index in [0.717, 1.165) is 18.2 Å². The van der Waals surface area contributed by atoms with Gasteiger partial charge in [-0.1, -0.05) is 35.0 Å². The lowest BCUT2D eigenvalue weighted by Gasteiger charge is -2.09. The van der Waals surface area contributed by atoms with Crippen LogP contribution in [0.3, 0.4) is 0 Å². The van der Waals surface area contributed by atoms with Gasteiger partial charge in [0.2, 0.25) is 0 Å². The summed E-state index contributed by atoms with van der Waals surface area (Å²) in [5.41, 5.74) is 0.624. The van der Waals surface area contributed by atoms with Crippen molar-refractivity contribution in [1.82, 2.24) is 5.32 Å². The quantitative estimate of drug-likeness (QED) is 0.629. The lowest BCUT2D eigenvalue weighted by atomic mass is 10.1. The van der Waals surface area contributed by atoms with E-state index in [1.165, 1.54) is 6.07 Å². The first kappa shape index (κ1) is 15.2. The minimum absolute atomic E-state index is 0.128. The summed E-state index contributed by atoms with van der Waals surface area (Å²) in [6, 6.07) is 4.86. The van der Waals surface area contributed by atoms with Crippen LogP contribution in [-0.4, -0.2) is 17.8 Å². The molecule has 18 heavy (non-hydrogen) atoms. The van der Waals surface area contributed by atoms with E-state index < -0.39 is 5.82 Å². The smallest absolute Gasteiger partial charge is 0.254 e. The lowest BCUT2D eigenvalue weighted by molar-refractivity contribution is 0.0948. The summed E-state index contributed by atoms with van der Waals surface area (Å²) >= 11 is 3.41. The zero-order chi connectivity index (χ0) is 13.5. The standard InChI is InChI=1S/C14H19BrFNO/c1-10(9-15)5-4-8-17-14(18)12-7-3-6-11(2)13(12)16/h3,6-7,10H,4-5,8-9H2,1-2H3,(H,17,18). The fraction of sp³-hybridized carbons (Fsp3) is 0.500. The molecule has 0 radical (unpaired) electrons. The molecule has 0 saturated carbocycles. The van der Waals surface area contributed by atoms with Gasteiger partial charge in [0, 0.05) is 11.9 Å². The zero-order valence-electron chi connectivity index (χ0n) is 10.8. The lowest BCUT2D eigenvalue weighted by Crippen LogP contribution is -2.26. The van der Waals surface area contributed by atoms with Crippen molar-refractivity contribution >= 4 is 21.8 Å². The summed E-state index contributed by atoms with van der Waals surface area (Å²) in [5.74, 6) is -0.163. The fourth-order valence-corrected chi connectivity index (χ4v) is 1.97. The van der Waals surface area contributed by atoms with Crippen LogP contribution in [0.1, 0.15) is 35.7 Å². The number of nitrogens with one attached hydrogen (secondary N) is 1. The molecule has 100 valence electrons. The molecule has 0 aliphatic heterocycles. The second-order valence-corrected chi connectivity index (χ2v) is 5.24. The van der Waals surface area contributed by atoms with Crippen molar-refractivity contribution < 1.29 is 9.18 Å². The fourth-order valence-electron chi connectivity index (χ4n) is 1.65. The van der Waals surface area contributed by atoms with Gasteiger partial charge >= 0.3 is 0 Å². The highest BCUT2D eigenvalue weighted by molar-refractivity contribution is 9.09. The molecule has 0 bridgehead atoms. The van der Waals surface area contributed by atoms with E-state index >= 15 is 0 Å². The molecular formula is C14H19BrFNO. The van der Waals surface area contributed by atoms with Gasteiger partial charge in [-0.2, -0.15) is 0 Å². The number of aryl methyl sites for hydroxylation is 1. The van der Waals surface area contributed by atoms with Crippen molar-refractivity contribution in [2.75, 3.05) is 11.9 Å². The average Bonchev–Trinajstić information content (AvgIpc) is 2.37. The van der Waals surface area contributed by atoms with E-state index in [0.29, 0.717) is 18.0 Å². The van der Waals surface area contributed by atoms with Crippen molar-refractivity contribution in [3.8, 4) is 0 Å². The monoisotopic (exact) mass is 315 g/mol. The third-order valence-electron chi connectivity index (χ3n) is 2.86. The third kappa shape index (κ3) is 4.41. The molecule has 0 saturated heterocycles. The Kier molecular flexibility index (Phi) is 6.33. The number of carbonyl (C=O) groups excluding carboxylic acids is 1. The Labute approximate surface area is 116 Å². The molecule has 0 heterocycles. The van der Waals surface area contributed by atoms with Crippen LogP contribution in [0.5, 0.6) is 0 Å². The van der Waals surface area contributed by atoms with Gasteiger partial charge < -0.3 is 5.32 Å². The van der Waals surface area contributed by atoms with Crippen molar-refractivity contribution in [2.24, 2.45) is 5.92 Å². The highest BCUT2D eigenvalue weighted by Gasteiger charge is 2.12. The molecule has 0 aromatic heterocycles. The van der Waals surface area contributed by atoms with Crippen LogP contribution in [0, 0.1) is 18.7 Å². The first-order valence-electron chi connectivity index (χ1n) is 6.15. The Hall–Kier alpha value is -0.900. The van der Waals surface area contributed by atoms with Crippen LogP contribution in [-0.2, 0) is 0 Å². The molecule has 2 nitrogen and oxygen atoms in total. The van der Waals surface area contributed by atoms with Crippen LogP contribution in [0.15, 0.2) is 18.2 Å². The van der Waals surface area contributed by atoms with E-state index in [4.69, 9.17) is 0 Å². The Morgan fingerprint density at radius 2 is 2.22 bits per heavy atom. The maximum Gasteiger partial charge on any atom is 0.254 e. The first-order chi connectivity index (χ1) is 8.56.